The predicted octanol–water partition coefficient (Wildman–Crippen LogP) is 2.76. The van der Waals surface area contributed by atoms with Crippen molar-refractivity contribution in [2.75, 3.05) is 25.6 Å². The van der Waals surface area contributed by atoms with Gasteiger partial charge >= 0.3 is 0 Å². The number of thioether (sulfide) groups is 2. The van der Waals surface area contributed by atoms with Gasteiger partial charge in [0.15, 0.2) is 0 Å². The maximum Gasteiger partial charge on any atom is 0.251 e. The van der Waals surface area contributed by atoms with E-state index in [9.17, 15) is 9.59 Å². The van der Waals surface area contributed by atoms with Crippen LogP contribution >= 0.6 is 23.5 Å². The van der Waals surface area contributed by atoms with Crippen molar-refractivity contribution in [3.8, 4) is 0 Å². The van der Waals surface area contributed by atoms with Crippen molar-refractivity contribution < 1.29 is 9.59 Å². The first-order chi connectivity index (χ1) is 10.5. The second-order valence-corrected chi connectivity index (χ2v) is 8.20. The fourth-order valence-corrected chi connectivity index (χ4v) is 5.10. The molecule has 1 fully saturated rings. The Morgan fingerprint density at radius 1 is 1.18 bits per heavy atom. The van der Waals surface area contributed by atoms with E-state index in [2.05, 4.69) is 5.32 Å². The molecule has 2 rings (SSSR count). The Morgan fingerprint density at radius 2 is 1.77 bits per heavy atom. The molecule has 0 bridgehead atoms. The summed E-state index contributed by atoms with van der Waals surface area (Å²) in [6.07, 6.45) is 1.27. The molecule has 0 aromatic heterocycles. The van der Waals surface area contributed by atoms with Gasteiger partial charge in [-0.25, -0.2) is 0 Å². The molecular weight excluding hydrogens is 316 g/mol. The molecule has 1 aliphatic heterocycles. The van der Waals surface area contributed by atoms with Crippen LogP contribution < -0.4 is 5.32 Å². The van der Waals surface area contributed by atoms with Crippen LogP contribution in [0.1, 0.15) is 33.8 Å². The monoisotopic (exact) mass is 338 g/mol. The second-order valence-electron chi connectivity index (χ2n) is 5.48. The van der Waals surface area contributed by atoms with Gasteiger partial charge in [-0.3, -0.25) is 9.59 Å². The molecule has 2 amide bonds. The summed E-state index contributed by atoms with van der Waals surface area (Å²) < 4.78 is 0.472. The van der Waals surface area contributed by atoms with E-state index < -0.39 is 6.04 Å². The van der Waals surface area contributed by atoms with Crippen LogP contribution in [0, 0.1) is 0 Å². The molecule has 120 valence electrons. The third-order valence-electron chi connectivity index (χ3n) is 3.43. The standard InChI is InChI=1S/C16H22N2O2S2/c1-11(15(20)18(2)3)17-14(19)12-5-7-13(8-6-12)16-21-9-4-10-22-16/h5-8,11,16H,4,9-10H2,1-3H3,(H,17,19)/t11-/m0/s1. The lowest BCUT2D eigenvalue weighted by Gasteiger charge is -2.21. The van der Waals surface area contributed by atoms with Gasteiger partial charge in [-0.2, -0.15) is 0 Å². The number of rotatable bonds is 4. The molecule has 0 aliphatic carbocycles. The number of carbonyl (C=O) groups is 2. The van der Waals surface area contributed by atoms with Gasteiger partial charge in [-0.15, -0.1) is 23.5 Å². The van der Waals surface area contributed by atoms with Crippen LogP contribution in [0.15, 0.2) is 24.3 Å². The number of likely N-dealkylation sites (N-methyl/N-ethyl adjacent to an activating group) is 1. The lowest BCUT2D eigenvalue weighted by Crippen LogP contribution is -2.44. The topological polar surface area (TPSA) is 49.4 Å². The molecular formula is C16H22N2O2S2. The van der Waals surface area contributed by atoms with Crippen LogP contribution in [0.4, 0.5) is 0 Å². The molecule has 4 nitrogen and oxygen atoms in total. The quantitative estimate of drug-likeness (QED) is 0.917. The van der Waals surface area contributed by atoms with E-state index >= 15 is 0 Å². The Kier molecular flexibility index (Phi) is 6.20. The molecule has 1 heterocycles. The molecule has 22 heavy (non-hydrogen) atoms. The fraction of sp³-hybridized carbons (Fsp3) is 0.500. The van der Waals surface area contributed by atoms with Crippen molar-refractivity contribution in [3.63, 3.8) is 0 Å². The van der Waals surface area contributed by atoms with Gasteiger partial charge in [0.2, 0.25) is 5.91 Å². The number of amides is 2. The number of carbonyl (C=O) groups excluding carboxylic acids is 2. The Bertz CT molecular complexity index is 525. The molecule has 0 spiro atoms. The summed E-state index contributed by atoms with van der Waals surface area (Å²) in [5, 5.41) is 2.74. The van der Waals surface area contributed by atoms with Gasteiger partial charge in [-0.05, 0) is 42.5 Å². The van der Waals surface area contributed by atoms with Crippen molar-refractivity contribution >= 4 is 35.3 Å². The van der Waals surface area contributed by atoms with E-state index in [1.54, 1.807) is 21.0 Å². The first kappa shape index (κ1) is 17.2. The number of hydrogen-bond acceptors (Lipinski definition) is 4. The highest BCUT2D eigenvalue weighted by Crippen LogP contribution is 2.43. The van der Waals surface area contributed by atoms with Gasteiger partial charge in [0.1, 0.15) is 6.04 Å². The van der Waals surface area contributed by atoms with E-state index in [1.807, 2.05) is 47.8 Å². The van der Waals surface area contributed by atoms with Gasteiger partial charge in [0.25, 0.3) is 5.91 Å². The van der Waals surface area contributed by atoms with Crippen molar-refractivity contribution in [3.05, 3.63) is 35.4 Å². The predicted molar refractivity (Wildman–Crippen MR) is 94.3 cm³/mol. The summed E-state index contributed by atoms with van der Waals surface area (Å²) >= 11 is 3.92. The second kappa shape index (κ2) is 7.92. The van der Waals surface area contributed by atoms with Crippen LogP contribution in [0.3, 0.4) is 0 Å². The van der Waals surface area contributed by atoms with E-state index in [4.69, 9.17) is 0 Å². The molecule has 1 atom stereocenters. The molecule has 6 heteroatoms. The van der Waals surface area contributed by atoms with E-state index in [0.29, 0.717) is 10.1 Å². The number of nitrogens with zero attached hydrogens (tertiary/aromatic N) is 1. The molecule has 0 radical (unpaired) electrons. The number of nitrogens with one attached hydrogen (secondary N) is 1. The average Bonchev–Trinajstić information content (AvgIpc) is 2.54. The third-order valence-corrected chi connectivity index (χ3v) is 6.45. The summed E-state index contributed by atoms with van der Waals surface area (Å²) in [5.41, 5.74) is 1.84. The summed E-state index contributed by atoms with van der Waals surface area (Å²) in [5.74, 6) is 2.08. The summed E-state index contributed by atoms with van der Waals surface area (Å²) in [6, 6.07) is 7.19. The van der Waals surface area contributed by atoms with Crippen LogP contribution in [0.2, 0.25) is 0 Å². The van der Waals surface area contributed by atoms with Crippen molar-refractivity contribution in [1.82, 2.24) is 10.2 Å². The Labute approximate surface area is 140 Å². The highest BCUT2D eigenvalue weighted by molar-refractivity contribution is 8.16. The van der Waals surface area contributed by atoms with E-state index in [-0.39, 0.29) is 11.8 Å². The van der Waals surface area contributed by atoms with Crippen molar-refractivity contribution in [2.45, 2.75) is 24.0 Å². The van der Waals surface area contributed by atoms with Gasteiger partial charge < -0.3 is 10.2 Å². The molecule has 1 saturated heterocycles. The van der Waals surface area contributed by atoms with Crippen LogP contribution in [0.5, 0.6) is 0 Å². The minimum Gasteiger partial charge on any atom is -0.347 e. The fourth-order valence-electron chi connectivity index (χ4n) is 2.20. The van der Waals surface area contributed by atoms with Gasteiger partial charge in [0, 0.05) is 19.7 Å². The normalized spacial score (nSPS) is 16.9. The van der Waals surface area contributed by atoms with Crippen LogP contribution in [0.25, 0.3) is 0 Å². The SMILES string of the molecule is C[C@H](NC(=O)c1ccc(C2SCCCS2)cc1)C(=O)N(C)C. The molecule has 0 unspecified atom stereocenters. The lowest BCUT2D eigenvalue weighted by molar-refractivity contribution is -0.130. The maximum absolute atomic E-state index is 12.2. The number of hydrogen-bond donors (Lipinski definition) is 1. The Balaban J connectivity index is 1.97. The Morgan fingerprint density at radius 3 is 2.32 bits per heavy atom. The molecule has 1 aromatic rings. The molecule has 0 saturated carbocycles. The largest absolute Gasteiger partial charge is 0.347 e. The van der Waals surface area contributed by atoms with Gasteiger partial charge in [0.05, 0.1) is 4.58 Å². The lowest BCUT2D eigenvalue weighted by atomic mass is 10.1. The summed E-state index contributed by atoms with van der Waals surface area (Å²) in [6.45, 7) is 1.70. The highest BCUT2D eigenvalue weighted by Gasteiger charge is 2.19. The smallest absolute Gasteiger partial charge is 0.251 e. The zero-order valence-corrected chi connectivity index (χ0v) is 14.8. The zero-order valence-electron chi connectivity index (χ0n) is 13.2. The summed E-state index contributed by atoms with van der Waals surface area (Å²) in [7, 11) is 3.36. The van der Waals surface area contributed by atoms with Crippen LogP contribution in [-0.4, -0.2) is 48.4 Å². The number of benzene rings is 1. The third kappa shape index (κ3) is 4.43. The molecule has 1 aliphatic rings. The first-order valence-corrected chi connectivity index (χ1v) is 9.44. The zero-order chi connectivity index (χ0) is 16.1. The van der Waals surface area contributed by atoms with Crippen molar-refractivity contribution in [2.24, 2.45) is 0 Å². The van der Waals surface area contributed by atoms with Gasteiger partial charge in [-0.1, -0.05) is 12.1 Å². The minimum atomic E-state index is -0.522. The van der Waals surface area contributed by atoms with E-state index in [0.717, 1.165) is 0 Å². The molecule has 1 N–H and O–H groups in total. The summed E-state index contributed by atoms with van der Waals surface area (Å²) in [4.78, 5) is 25.4. The Hall–Kier alpha value is -1.14. The maximum atomic E-state index is 12.2. The molecule has 1 aromatic carbocycles. The highest BCUT2D eigenvalue weighted by atomic mass is 32.2. The minimum absolute atomic E-state index is 0.111. The van der Waals surface area contributed by atoms with Crippen LogP contribution in [-0.2, 0) is 4.79 Å². The van der Waals surface area contributed by atoms with E-state index in [1.165, 1.54) is 28.4 Å². The average molecular weight is 338 g/mol. The van der Waals surface area contributed by atoms with Crippen molar-refractivity contribution in [1.29, 1.82) is 0 Å². The first-order valence-electron chi connectivity index (χ1n) is 7.34.